The second-order valence-corrected chi connectivity index (χ2v) is 3.91. The fraction of sp³-hybridized carbons (Fsp3) is 0.273. The number of anilines is 1. The molecule has 0 fully saturated rings. The third-order valence-corrected chi connectivity index (χ3v) is 2.62. The van der Waals surface area contributed by atoms with Crippen molar-refractivity contribution in [1.82, 2.24) is 19.6 Å². The van der Waals surface area contributed by atoms with Crippen molar-refractivity contribution >= 4 is 17.5 Å². The van der Waals surface area contributed by atoms with Crippen LogP contribution in [0.4, 0.5) is 5.69 Å². The number of primary amides is 1. The molecule has 0 saturated heterocycles. The topological polar surface area (TPSA) is 108 Å². The lowest BCUT2D eigenvalue weighted by molar-refractivity contribution is 0.0992. The van der Waals surface area contributed by atoms with Gasteiger partial charge in [0.15, 0.2) is 5.69 Å². The lowest BCUT2D eigenvalue weighted by Gasteiger charge is -2.03. The first-order chi connectivity index (χ1) is 9.02. The highest BCUT2D eigenvalue weighted by Gasteiger charge is 2.17. The van der Waals surface area contributed by atoms with Gasteiger partial charge in [0, 0.05) is 19.8 Å². The second kappa shape index (κ2) is 4.92. The Hall–Kier alpha value is -2.64. The van der Waals surface area contributed by atoms with Crippen LogP contribution >= 0.6 is 0 Å². The molecule has 0 aliphatic carbocycles. The SMILES string of the molecule is CCn1ccc(C(=O)Nc2cnn(C)c2C(N)=O)n1. The zero-order chi connectivity index (χ0) is 14.0. The molecular formula is C11H14N6O2. The molecular weight excluding hydrogens is 248 g/mol. The van der Waals surface area contributed by atoms with Gasteiger partial charge in [0.2, 0.25) is 0 Å². The van der Waals surface area contributed by atoms with Crippen LogP contribution in [0.1, 0.15) is 27.9 Å². The van der Waals surface area contributed by atoms with Crippen molar-refractivity contribution in [3.63, 3.8) is 0 Å². The van der Waals surface area contributed by atoms with Crippen molar-refractivity contribution in [2.75, 3.05) is 5.32 Å². The summed E-state index contributed by atoms with van der Waals surface area (Å²) in [6.07, 6.45) is 3.07. The summed E-state index contributed by atoms with van der Waals surface area (Å²) in [7, 11) is 1.57. The highest BCUT2D eigenvalue weighted by molar-refractivity contribution is 6.07. The van der Waals surface area contributed by atoms with E-state index >= 15 is 0 Å². The van der Waals surface area contributed by atoms with Crippen molar-refractivity contribution in [2.24, 2.45) is 12.8 Å². The Morgan fingerprint density at radius 3 is 2.79 bits per heavy atom. The Kier molecular flexibility index (Phi) is 3.32. The van der Waals surface area contributed by atoms with Gasteiger partial charge in [-0.2, -0.15) is 10.2 Å². The highest BCUT2D eigenvalue weighted by atomic mass is 16.2. The van der Waals surface area contributed by atoms with Crippen LogP contribution in [0, 0.1) is 0 Å². The van der Waals surface area contributed by atoms with Crippen LogP contribution in [0.2, 0.25) is 0 Å². The minimum atomic E-state index is -0.658. The maximum atomic E-state index is 12.0. The van der Waals surface area contributed by atoms with Gasteiger partial charge in [-0.1, -0.05) is 0 Å². The van der Waals surface area contributed by atoms with E-state index < -0.39 is 11.8 Å². The van der Waals surface area contributed by atoms with Crippen molar-refractivity contribution < 1.29 is 9.59 Å². The maximum Gasteiger partial charge on any atom is 0.276 e. The number of aromatic nitrogens is 4. The van der Waals surface area contributed by atoms with Crippen LogP contribution in [0.5, 0.6) is 0 Å². The van der Waals surface area contributed by atoms with Gasteiger partial charge in [0.25, 0.3) is 11.8 Å². The molecule has 2 aromatic heterocycles. The first-order valence-corrected chi connectivity index (χ1v) is 5.69. The highest BCUT2D eigenvalue weighted by Crippen LogP contribution is 2.14. The van der Waals surface area contributed by atoms with Crippen LogP contribution in [0.25, 0.3) is 0 Å². The predicted molar refractivity (Wildman–Crippen MR) is 67.6 cm³/mol. The fourth-order valence-corrected chi connectivity index (χ4v) is 1.67. The van der Waals surface area contributed by atoms with Crippen LogP contribution in [-0.2, 0) is 13.6 Å². The zero-order valence-electron chi connectivity index (χ0n) is 10.6. The molecule has 0 radical (unpaired) electrons. The number of nitrogens with one attached hydrogen (secondary N) is 1. The van der Waals surface area contributed by atoms with E-state index in [-0.39, 0.29) is 17.1 Å². The number of hydrogen-bond acceptors (Lipinski definition) is 4. The monoisotopic (exact) mass is 262 g/mol. The molecule has 0 aliphatic rings. The lowest BCUT2D eigenvalue weighted by Crippen LogP contribution is -2.20. The molecule has 8 nitrogen and oxygen atoms in total. The van der Waals surface area contributed by atoms with Crippen LogP contribution in [-0.4, -0.2) is 31.4 Å². The van der Waals surface area contributed by atoms with E-state index in [0.717, 1.165) is 0 Å². The number of hydrogen-bond donors (Lipinski definition) is 2. The third-order valence-electron chi connectivity index (χ3n) is 2.62. The predicted octanol–water partition coefficient (Wildman–Crippen LogP) is -0.0123. The quantitative estimate of drug-likeness (QED) is 0.807. The van der Waals surface area contributed by atoms with E-state index in [1.165, 1.54) is 10.9 Å². The van der Waals surface area contributed by atoms with Crippen LogP contribution in [0.3, 0.4) is 0 Å². The van der Waals surface area contributed by atoms with Gasteiger partial charge < -0.3 is 11.1 Å². The Morgan fingerprint density at radius 1 is 1.47 bits per heavy atom. The molecule has 2 amide bonds. The minimum absolute atomic E-state index is 0.142. The normalized spacial score (nSPS) is 10.4. The minimum Gasteiger partial charge on any atom is -0.364 e. The Balaban J connectivity index is 2.21. The van der Waals surface area contributed by atoms with Crippen LogP contribution in [0.15, 0.2) is 18.5 Å². The van der Waals surface area contributed by atoms with Crippen molar-refractivity contribution in [1.29, 1.82) is 0 Å². The summed E-state index contributed by atoms with van der Waals surface area (Å²) in [6.45, 7) is 2.59. The van der Waals surface area contributed by atoms with E-state index in [9.17, 15) is 9.59 Å². The second-order valence-electron chi connectivity index (χ2n) is 3.91. The van der Waals surface area contributed by atoms with E-state index in [0.29, 0.717) is 6.54 Å². The summed E-state index contributed by atoms with van der Waals surface area (Å²) in [5.74, 6) is -1.07. The van der Waals surface area contributed by atoms with Gasteiger partial charge in [-0.15, -0.1) is 0 Å². The molecule has 0 aromatic carbocycles. The number of carbonyl (C=O) groups is 2. The van der Waals surface area contributed by atoms with E-state index in [4.69, 9.17) is 5.73 Å². The smallest absolute Gasteiger partial charge is 0.276 e. The molecule has 2 rings (SSSR count). The van der Waals surface area contributed by atoms with Gasteiger partial charge >= 0.3 is 0 Å². The lowest BCUT2D eigenvalue weighted by atomic mass is 10.3. The summed E-state index contributed by atoms with van der Waals surface area (Å²) in [5, 5.41) is 10.5. The number of nitrogens with zero attached hydrogens (tertiary/aromatic N) is 4. The largest absolute Gasteiger partial charge is 0.364 e. The number of carbonyl (C=O) groups excluding carboxylic acids is 2. The molecule has 0 bridgehead atoms. The molecule has 8 heteroatoms. The summed E-state index contributed by atoms with van der Waals surface area (Å²) in [5.41, 5.74) is 5.91. The van der Waals surface area contributed by atoms with E-state index in [1.807, 2.05) is 6.92 Å². The summed E-state index contributed by atoms with van der Waals surface area (Å²) >= 11 is 0. The number of rotatable bonds is 4. The molecule has 100 valence electrons. The average Bonchev–Trinajstić information content (AvgIpc) is 2.96. The van der Waals surface area contributed by atoms with Gasteiger partial charge in [0.05, 0.1) is 11.9 Å². The Bertz CT molecular complexity index is 627. The average molecular weight is 262 g/mol. The number of nitrogens with two attached hydrogens (primary N) is 1. The van der Waals surface area contributed by atoms with Crippen molar-refractivity contribution in [3.8, 4) is 0 Å². The molecule has 2 heterocycles. The molecule has 0 aliphatic heterocycles. The molecule has 0 spiro atoms. The van der Waals surface area contributed by atoms with E-state index in [1.54, 1.807) is 24.0 Å². The Morgan fingerprint density at radius 2 is 2.21 bits per heavy atom. The van der Waals surface area contributed by atoms with Gasteiger partial charge in [-0.05, 0) is 13.0 Å². The summed E-state index contributed by atoms with van der Waals surface area (Å²) in [4.78, 5) is 23.2. The van der Waals surface area contributed by atoms with Gasteiger partial charge in [0.1, 0.15) is 5.69 Å². The van der Waals surface area contributed by atoms with Crippen LogP contribution < -0.4 is 11.1 Å². The molecule has 2 aromatic rings. The fourth-order valence-electron chi connectivity index (χ4n) is 1.67. The first kappa shape index (κ1) is 12.8. The maximum absolute atomic E-state index is 12.0. The molecule has 0 saturated carbocycles. The standard InChI is InChI=1S/C11H14N6O2/c1-3-17-5-4-7(15-17)11(19)14-8-6-13-16(2)9(8)10(12)18/h4-6H,3H2,1-2H3,(H2,12,18)(H,14,19). The summed E-state index contributed by atoms with van der Waals surface area (Å²) < 4.78 is 2.94. The van der Waals surface area contributed by atoms with Crippen molar-refractivity contribution in [2.45, 2.75) is 13.5 Å². The summed E-state index contributed by atoms with van der Waals surface area (Å²) in [6, 6.07) is 1.60. The molecule has 0 unspecified atom stereocenters. The Labute approximate surface area is 109 Å². The number of amides is 2. The first-order valence-electron chi connectivity index (χ1n) is 5.69. The zero-order valence-corrected chi connectivity index (χ0v) is 10.6. The molecule has 19 heavy (non-hydrogen) atoms. The molecule has 0 atom stereocenters. The number of aryl methyl sites for hydroxylation is 2. The van der Waals surface area contributed by atoms with Gasteiger partial charge in [-0.3, -0.25) is 19.0 Å². The van der Waals surface area contributed by atoms with Gasteiger partial charge in [-0.25, -0.2) is 0 Å². The van der Waals surface area contributed by atoms with Crippen molar-refractivity contribution in [3.05, 3.63) is 29.8 Å². The third kappa shape index (κ3) is 2.46. The van der Waals surface area contributed by atoms with E-state index in [2.05, 4.69) is 15.5 Å². The molecule has 3 N–H and O–H groups in total.